The van der Waals surface area contributed by atoms with Gasteiger partial charge >= 0.3 is 0 Å². The van der Waals surface area contributed by atoms with Gasteiger partial charge in [-0.1, -0.05) is 6.92 Å². The molecule has 1 heterocycles. The molecule has 1 N–H and O–H groups in total. The van der Waals surface area contributed by atoms with Crippen LogP contribution in [0.4, 0.5) is 8.78 Å². The number of nitrogens with one attached hydrogen (secondary N) is 1. The molecule has 0 saturated heterocycles. The fraction of sp³-hybridized carbons (Fsp3) is 0.636. The van der Waals surface area contributed by atoms with Crippen molar-refractivity contribution >= 4 is 0 Å². The van der Waals surface area contributed by atoms with Crippen LogP contribution in [0.1, 0.15) is 25.1 Å². The Kier molecular flexibility index (Phi) is 5.70. The Morgan fingerprint density at radius 2 is 2.06 bits per heavy atom. The molecule has 0 aliphatic rings. The molecule has 1 aromatic heterocycles. The number of alkyl halides is 2. The van der Waals surface area contributed by atoms with E-state index < -0.39 is 12.5 Å². The fourth-order valence-corrected chi connectivity index (χ4v) is 1.43. The number of hydrogen-bond acceptors (Lipinski definition) is 5. The Bertz CT molecular complexity index is 377. The molecule has 0 aromatic carbocycles. The minimum absolute atomic E-state index is 0.0447. The molecule has 0 saturated carbocycles. The Hall–Kier alpha value is -1.50. The third kappa shape index (κ3) is 3.49. The predicted octanol–water partition coefficient (Wildman–Crippen LogP) is 1.80. The van der Waals surface area contributed by atoms with E-state index in [1.807, 2.05) is 6.92 Å². The Morgan fingerprint density at radius 3 is 2.56 bits per heavy atom. The lowest BCUT2D eigenvalue weighted by atomic mass is 10.2. The van der Waals surface area contributed by atoms with E-state index in [0.717, 1.165) is 6.42 Å². The van der Waals surface area contributed by atoms with E-state index in [9.17, 15) is 8.78 Å². The molecule has 1 aromatic rings. The summed E-state index contributed by atoms with van der Waals surface area (Å²) in [4.78, 5) is 7.88. The standard InChI is InChI=1S/C11H17F2N3O2/c1-4-5-14-8(10(12)13)9-11(18-3)16-7(17-2)6-15-9/h6,8,10,14H,4-5H2,1-3H3. The lowest BCUT2D eigenvalue weighted by Gasteiger charge is -2.18. The van der Waals surface area contributed by atoms with Crippen molar-refractivity contribution in [2.45, 2.75) is 25.8 Å². The number of ether oxygens (including phenoxy) is 2. The Balaban J connectivity index is 3.02. The van der Waals surface area contributed by atoms with Gasteiger partial charge in [0.1, 0.15) is 11.7 Å². The zero-order chi connectivity index (χ0) is 13.5. The normalized spacial score (nSPS) is 12.6. The van der Waals surface area contributed by atoms with E-state index in [2.05, 4.69) is 15.3 Å². The highest BCUT2D eigenvalue weighted by Crippen LogP contribution is 2.27. The van der Waals surface area contributed by atoms with E-state index in [4.69, 9.17) is 9.47 Å². The van der Waals surface area contributed by atoms with Gasteiger partial charge in [0.05, 0.1) is 20.4 Å². The van der Waals surface area contributed by atoms with Gasteiger partial charge < -0.3 is 14.8 Å². The van der Waals surface area contributed by atoms with E-state index in [1.54, 1.807) is 0 Å². The number of rotatable bonds is 7. The average Bonchev–Trinajstić information content (AvgIpc) is 2.38. The SMILES string of the molecule is CCCNC(c1ncc(OC)nc1OC)C(F)F. The Labute approximate surface area is 105 Å². The molecule has 1 atom stereocenters. The number of methoxy groups -OCH3 is 2. The van der Waals surface area contributed by atoms with Crippen LogP contribution in [0.3, 0.4) is 0 Å². The second-order valence-corrected chi connectivity index (χ2v) is 3.57. The lowest BCUT2D eigenvalue weighted by Crippen LogP contribution is -2.29. The van der Waals surface area contributed by atoms with Crippen LogP contribution in [-0.2, 0) is 0 Å². The van der Waals surface area contributed by atoms with Crippen molar-refractivity contribution in [2.24, 2.45) is 0 Å². The first-order valence-electron chi connectivity index (χ1n) is 5.60. The van der Waals surface area contributed by atoms with Crippen LogP contribution < -0.4 is 14.8 Å². The molecule has 0 spiro atoms. The fourth-order valence-electron chi connectivity index (χ4n) is 1.43. The summed E-state index contributed by atoms with van der Waals surface area (Å²) in [5.74, 6) is 0.266. The van der Waals surface area contributed by atoms with E-state index in [1.165, 1.54) is 20.4 Å². The van der Waals surface area contributed by atoms with Crippen molar-refractivity contribution in [3.63, 3.8) is 0 Å². The van der Waals surface area contributed by atoms with Gasteiger partial charge in [-0.25, -0.2) is 13.8 Å². The summed E-state index contributed by atoms with van der Waals surface area (Å²) in [5, 5.41) is 2.72. The first-order chi connectivity index (χ1) is 8.63. The molecular formula is C11H17F2N3O2. The third-order valence-electron chi connectivity index (χ3n) is 2.31. The maximum absolute atomic E-state index is 13.0. The first kappa shape index (κ1) is 14.6. The summed E-state index contributed by atoms with van der Waals surface area (Å²) >= 11 is 0. The van der Waals surface area contributed by atoms with Gasteiger partial charge in [0, 0.05) is 0 Å². The van der Waals surface area contributed by atoms with Crippen LogP contribution in [0.5, 0.6) is 11.8 Å². The van der Waals surface area contributed by atoms with Crippen LogP contribution in [0.25, 0.3) is 0 Å². The van der Waals surface area contributed by atoms with Gasteiger partial charge in [0.25, 0.3) is 6.43 Å². The van der Waals surface area contributed by atoms with Crippen LogP contribution in [0.2, 0.25) is 0 Å². The summed E-state index contributed by atoms with van der Waals surface area (Å²) in [6, 6.07) is -1.20. The minimum atomic E-state index is -2.59. The van der Waals surface area contributed by atoms with Crippen molar-refractivity contribution in [1.82, 2.24) is 15.3 Å². The molecule has 7 heteroatoms. The van der Waals surface area contributed by atoms with Crippen molar-refractivity contribution in [2.75, 3.05) is 20.8 Å². The number of halogens is 2. The van der Waals surface area contributed by atoms with Crippen molar-refractivity contribution in [3.05, 3.63) is 11.9 Å². The smallest absolute Gasteiger partial charge is 0.259 e. The van der Waals surface area contributed by atoms with Crippen LogP contribution in [0.15, 0.2) is 6.20 Å². The molecule has 1 unspecified atom stereocenters. The highest BCUT2D eigenvalue weighted by molar-refractivity contribution is 5.26. The highest BCUT2D eigenvalue weighted by Gasteiger charge is 2.27. The topological polar surface area (TPSA) is 56.3 Å². The van der Waals surface area contributed by atoms with E-state index >= 15 is 0 Å². The summed E-state index contributed by atoms with van der Waals surface area (Å²) in [6.45, 7) is 2.36. The highest BCUT2D eigenvalue weighted by atomic mass is 19.3. The number of hydrogen-bond donors (Lipinski definition) is 1. The van der Waals surface area contributed by atoms with Crippen molar-refractivity contribution in [3.8, 4) is 11.8 Å². The average molecular weight is 261 g/mol. The molecule has 18 heavy (non-hydrogen) atoms. The summed E-state index contributed by atoms with van der Waals surface area (Å²) in [7, 11) is 2.78. The van der Waals surface area contributed by atoms with Gasteiger partial charge in [-0.05, 0) is 13.0 Å². The number of aromatic nitrogens is 2. The molecule has 0 aliphatic heterocycles. The zero-order valence-electron chi connectivity index (χ0n) is 10.6. The monoisotopic (exact) mass is 261 g/mol. The third-order valence-corrected chi connectivity index (χ3v) is 2.31. The van der Waals surface area contributed by atoms with Gasteiger partial charge in [0.15, 0.2) is 0 Å². The molecule has 5 nitrogen and oxygen atoms in total. The van der Waals surface area contributed by atoms with Crippen LogP contribution in [0, 0.1) is 0 Å². The van der Waals surface area contributed by atoms with Crippen molar-refractivity contribution < 1.29 is 18.3 Å². The summed E-state index contributed by atoms with van der Waals surface area (Å²) < 4.78 is 35.8. The van der Waals surface area contributed by atoms with Crippen LogP contribution >= 0.6 is 0 Å². The van der Waals surface area contributed by atoms with E-state index in [-0.39, 0.29) is 17.5 Å². The van der Waals surface area contributed by atoms with Crippen molar-refractivity contribution in [1.29, 1.82) is 0 Å². The predicted molar refractivity (Wildman–Crippen MR) is 62.2 cm³/mol. The molecule has 1 rings (SSSR count). The second-order valence-electron chi connectivity index (χ2n) is 3.57. The van der Waals surface area contributed by atoms with Crippen LogP contribution in [-0.4, -0.2) is 37.2 Å². The molecule has 0 amide bonds. The molecule has 0 fully saturated rings. The minimum Gasteiger partial charge on any atom is -0.480 e. The summed E-state index contributed by atoms with van der Waals surface area (Å²) in [5.41, 5.74) is 0.0850. The summed E-state index contributed by atoms with van der Waals surface area (Å²) in [6.07, 6.45) is -0.552. The largest absolute Gasteiger partial charge is 0.480 e. The second kappa shape index (κ2) is 7.05. The van der Waals surface area contributed by atoms with Gasteiger partial charge in [-0.2, -0.15) is 4.98 Å². The maximum Gasteiger partial charge on any atom is 0.259 e. The molecule has 0 radical (unpaired) electrons. The Morgan fingerprint density at radius 1 is 1.33 bits per heavy atom. The van der Waals surface area contributed by atoms with Gasteiger partial charge in [-0.15, -0.1) is 0 Å². The molecular weight excluding hydrogens is 244 g/mol. The molecule has 102 valence electrons. The number of nitrogens with zero attached hydrogens (tertiary/aromatic N) is 2. The quantitative estimate of drug-likeness (QED) is 0.811. The zero-order valence-corrected chi connectivity index (χ0v) is 10.6. The van der Waals surface area contributed by atoms with E-state index in [0.29, 0.717) is 6.54 Å². The lowest BCUT2D eigenvalue weighted by molar-refractivity contribution is 0.0946. The first-order valence-corrected chi connectivity index (χ1v) is 5.60. The maximum atomic E-state index is 13.0. The molecule has 0 aliphatic carbocycles. The van der Waals surface area contributed by atoms with Gasteiger partial charge in [0.2, 0.25) is 11.8 Å². The molecule has 0 bridgehead atoms. The van der Waals surface area contributed by atoms with Gasteiger partial charge in [-0.3, -0.25) is 0 Å².